The Kier molecular flexibility index (Phi) is 6.99. The van der Waals surface area contributed by atoms with E-state index in [0.717, 1.165) is 49.9 Å². The standard InChI is InChI=1S/C28H37N3O4S/c1-20-13-17-31(18-14-20)25-9-6-10-26(29-25)36(33,34)30-27(32)28(15-16-28)35-24-19-21(2)11-12-23(24)22-7-4-3-5-8-22/h6,9-12,19-20,22H,3-5,7-8,13-18H2,1-2H3,(H,30,32). The summed E-state index contributed by atoms with van der Waals surface area (Å²) in [6.45, 7) is 5.93. The first-order valence-electron chi connectivity index (χ1n) is 13.3. The molecule has 0 unspecified atom stereocenters. The van der Waals surface area contributed by atoms with E-state index in [2.05, 4.69) is 33.7 Å². The number of anilines is 1. The largest absolute Gasteiger partial charge is 0.477 e. The predicted molar refractivity (Wildman–Crippen MR) is 140 cm³/mol. The molecule has 194 valence electrons. The zero-order valence-electron chi connectivity index (χ0n) is 21.3. The van der Waals surface area contributed by atoms with E-state index in [1.54, 1.807) is 6.07 Å². The number of hydrogen-bond donors (Lipinski definition) is 1. The number of nitrogens with one attached hydrogen (secondary N) is 1. The van der Waals surface area contributed by atoms with Gasteiger partial charge >= 0.3 is 0 Å². The van der Waals surface area contributed by atoms with E-state index < -0.39 is 21.5 Å². The van der Waals surface area contributed by atoms with E-state index in [9.17, 15) is 13.2 Å². The minimum atomic E-state index is -4.12. The second-order valence-electron chi connectivity index (χ2n) is 10.9. The number of ether oxygens (including phenoxy) is 1. The third-order valence-corrected chi connectivity index (χ3v) is 9.19. The Morgan fingerprint density at radius 3 is 2.47 bits per heavy atom. The van der Waals surface area contributed by atoms with Gasteiger partial charge in [0.2, 0.25) is 0 Å². The summed E-state index contributed by atoms with van der Waals surface area (Å²) in [6, 6.07) is 11.1. The molecule has 1 aliphatic heterocycles. The third kappa shape index (κ3) is 5.38. The van der Waals surface area contributed by atoms with Gasteiger partial charge in [0.25, 0.3) is 15.9 Å². The molecule has 2 heterocycles. The van der Waals surface area contributed by atoms with Gasteiger partial charge in [-0.25, -0.2) is 9.71 Å². The summed E-state index contributed by atoms with van der Waals surface area (Å²) < 4.78 is 34.9. The average Bonchev–Trinajstić information content (AvgIpc) is 3.66. The number of aryl methyl sites for hydroxylation is 1. The van der Waals surface area contributed by atoms with Crippen LogP contribution in [-0.2, 0) is 14.8 Å². The zero-order valence-corrected chi connectivity index (χ0v) is 22.1. The van der Waals surface area contributed by atoms with Crippen LogP contribution in [0.25, 0.3) is 0 Å². The molecule has 3 aliphatic rings. The van der Waals surface area contributed by atoms with Crippen LogP contribution in [-0.4, -0.2) is 38.0 Å². The van der Waals surface area contributed by atoms with Gasteiger partial charge in [-0.05, 0) is 73.8 Å². The molecule has 8 heteroatoms. The number of nitrogens with zero attached hydrogens (tertiary/aromatic N) is 2. The second-order valence-corrected chi connectivity index (χ2v) is 12.5. The lowest BCUT2D eigenvalue weighted by atomic mass is 9.83. The van der Waals surface area contributed by atoms with Crippen molar-refractivity contribution in [2.24, 2.45) is 5.92 Å². The number of aromatic nitrogens is 1. The van der Waals surface area contributed by atoms with Gasteiger partial charge in [0.15, 0.2) is 10.6 Å². The number of carbonyl (C=O) groups excluding carboxylic acids is 1. The first-order valence-corrected chi connectivity index (χ1v) is 14.8. The van der Waals surface area contributed by atoms with Crippen molar-refractivity contribution < 1.29 is 17.9 Å². The van der Waals surface area contributed by atoms with Crippen LogP contribution in [0.3, 0.4) is 0 Å². The van der Waals surface area contributed by atoms with E-state index in [1.807, 2.05) is 19.1 Å². The van der Waals surface area contributed by atoms with Crippen LogP contribution < -0.4 is 14.4 Å². The summed E-state index contributed by atoms with van der Waals surface area (Å²) in [5.74, 6) is 1.81. The molecule has 0 atom stereocenters. The lowest BCUT2D eigenvalue weighted by molar-refractivity contribution is -0.128. The highest BCUT2D eigenvalue weighted by atomic mass is 32.2. The van der Waals surface area contributed by atoms with Gasteiger partial charge in [0.1, 0.15) is 11.6 Å². The molecule has 1 amide bonds. The van der Waals surface area contributed by atoms with Gasteiger partial charge in [-0.3, -0.25) is 4.79 Å². The van der Waals surface area contributed by atoms with Gasteiger partial charge in [0.05, 0.1) is 0 Å². The van der Waals surface area contributed by atoms with Gasteiger partial charge in [-0.1, -0.05) is 44.4 Å². The molecule has 0 radical (unpaired) electrons. The highest BCUT2D eigenvalue weighted by Crippen LogP contribution is 2.45. The van der Waals surface area contributed by atoms with Crippen molar-refractivity contribution in [3.63, 3.8) is 0 Å². The highest BCUT2D eigenvalue weighted by molar-refractivity contribution is 7.90. The summed E-state index contributed by atoms with van der Waals surface area (Å²) in [6.07, 6.45) is 8.98. The molecular formula is C28H37N3O4S. The average molecular weight is 512 g/mol. The number of carbonyl (C=O) groups is 1. The molecule has 3 fully saturated rings. The monoisotopic (exact) mass is 511 g/mol. The third-order valence-electron chi connectivity index (χ3n) is 7.96. The fraction of sp³-hybridized carbons (Fsp3) is 0.571. The predicted octanol–water partition coefficient (Wildman–Crippen LogP) is 5.09. The number of amides is 1. The molecule has 2 aliphatic carbocycles. The first kappa shape index (κ1) is 25.1. The van der Waals surface area contributed by atoms with Crippen molar-refractivity contribution >= 4 is 21.7 Å². The lowest BCUT2D eigenvalue weighted by Crippen LogP contribution is -2.43. The Morgan fingerprint density at radius 1 is 1.06 bits per heavy atom. The first-order chi connectivity index (χ1) is 17.3. The number of rotatable bonds is 7. The molecule has 1 aromatic heterocycles. The van der Waals surface area contributed by atoms with Crippen molar-refractivity contribution in [3.8, 4) is 5.75 Å². The van der Waals surface area contributed by atoms with Crippen molar-refractivity contribution in [1.29, 1.82) is 0 Å². The Hall–Kier alpha value is -2.61. The molecule has 2 saturated carbocycles. The molecule has 1 saturated heterocycles. The van der Waals surface area contributed by atoms with Crippen molar-refractivity contribution in [2.45, 2.75) is 88.2 Å². The molecule has 1 N–H and O–H groups in total. The lowest BCUT2D eigenvalue weighted by Gasteiger charge is -2.31. The van der Waals surface area contributed by atoms with Gasteiger partial charge < -0.3 is 9.64 Å². The summed E-state index contributed by atoms with van der Waals surface area (Å²) >= 11 is 0. The summed E-state index contributed by atoms with van der Waals surface area (Å²) in [5.41, 5.74) is 1.04. The van der Waals surface area contributed by atoms with Crippen LogP contribution in [0.4, 0.5) is 5.82 Å². The number of piperidine rings is 1. The smallest absolute Gasteiger partial charge is 0.281 e. The number of hydrogen-bond acceptors (Lipinski definition) is 6. The molecular weight excluding hydrogens is 474 g/mol. The maximum Gasteiger partial charge on any atom is 0.281 e. The van der Waals surface area contributed by atoms with Crippen LogP contribution in [0.2, 0.25) is 0 Å². The van der Waals surface area contributed by atoms with Crippen LogP contribution >= 0.6 is 0 Å². The minimum Gasteiger partial charge on any atom is -0.477 e. The zero-order chi connectivity index (χ0) is 25.3. The molecule has 1 aromatic carbocycles. The van der Waals surface area contributed by atoms with Crippen LogP contribution in [0.1, 0.15) is 81.8 Å². The normalized spacial score (nSPS) is 20.7. The Bertz CT molecular complexity index is 1210. The van der Waals surface area contributed by atoms with Crippen LogP contribution in [0.15, 0.2) is 41.4 Å². The number of sulfonamides is 1. The second kappa shape index (κ2) is 10.0. The summed E-state index contributed by atoms with van der Waals surface area (Å²) in [7, 11) is -4.12. The Morgan fingerprint density at radius 2 is 1.78 bits per heavy atom. The van der Waals surface area contributed by atoms with Crippen molar-refractivity contribution in [3.05, 3.63) is 47.5 Å². The molecule has 0 spiro atoms. The molecule has 0 bridgehead atoms. The number of benzene rings is 1. The maximum absolute atomic E-state index is 13.3. The summed E-state index contributed by atoms with van der Waals surface area (Å²) in [4.78, 5) is 19.8. The van der Waals surface area contributed by atoms with Gasteiger partial charge in [0, 0.05) is 25.9 Å². The number of pyridine rings is 1. The molecule has 7 nitrogen and oxygen atoms in total. The Balaban J connectivity index is 1.32. The highest BCUT2D eigenvalue weighted by Gasteiger charge is 2.54. The molecule has 2 aromatic rings. The topological polar surface area (TPSA) is 88.6 Å². The molecule has 5 rings (SSSR count). The Labute approximate surface area is 214 Å². The fourth-order valence-electron chi connectivity index (χ4n) is 5.42. The fourth-order valence-corrected chi connectivity index (χ4v) is 6.42. The molecule has 36 heavy (non-hydrogen) atoms. The van der Waals surface area contributed by atoms with E-state index in [-0.39, 0.29) is 5.03 Å². The van der Waals surface area contributed by atoms with E-state index >= 15 is 0 Å². The van der Waals surface area contributed by atoms with E-state index in [0.29, 0.717) is 36.2 Å². The van der Waals surface area contributed by atoms with E-state index in [1.165, 1.54) is 25.3 Å². The SMILES string of the molecule is Cc1ccc(C2CCCCC2)c(OC2(C(=O)NS(=O)(=O)c3cccc(N4CCC(C)CC4)n3)CC2)c1. The van der Waals surface area contributed by atoms with Gasteiger partial charge in [-0.15, -0.1) is 0 Å². The van der Waals surface area contributed by atoms with Gasteiger partial charge in [-0.2, -0.15) is 8.42 Å². The van der Waals surface area contributed by atoms with E-state index in [4.69, 9.17) is 4.74 Å². The van der Waals surface area contributed by atoms with Crippen molar-refractivity contribution in [2.75, 3.05) is 18.0 Å². The minimum absolute atomic E-state index is 0.138. The van der Waals surface area contributed by atoms with Crippen LogP contribution in [0.5, 0.6) is 5.75 Å². The van der Waals surface area contributed by atoms with Crippen molar-refractivity contribution in [1.82, 2.24) is 9.71 Å². The summed E-state index contributed by atoms with van der Waals surface area (Å²) in [5, 5.41) is -0.138. The maximum atomic E-state index is 13.3. The van der Waals surface area contributed by atoms with Crippen LogP contribution in [0, 0.1) is 12.8 Å². The quantitative estimate of drug-likeness (QED) is 0.557.